The fraction of sp³-hybridized carbons (Fsp3) is 0.0769. The van der Waals surface area contributed by atoms with Gasteiger partial charge < -0.3 is 10.6 Å². The van der Waals surface area contributed by atoms with E-state index in [-0.39, 0.29) is 0 Å². The van der Waals surface area contributed by atoms with Crippen LogP contribution >= 0.6 is 23.6 Å². The second-order valence-corrected chi connectivity index (χ2v) is 5.24. The molecule has 2 aromatic rings. The Morgan fingerprint density at radius 1 is 1.50 bits per heavy atom. The highest BCUT2D eigenvalue weighted by atomic mass is 32.1. The first kappa shape index (κ1) is 12.7. The summed E-state index contributed by atoms with van der Waals surface area (Å²) in [6, 6.07) is 6.16. The fourth-order valence-electron chi connectivity index (χ4n) is 1.41. The molecule has 0 aliphatic carbocycles. The molecule has 0 spiro atoms. The minimum Gasteiger partial charge on any atom is -0.333 e. The molecule has 0 amide bonds. The number of rotatable bonds is 3. The normalized spacial score (nSPS) is 10.1. The van der Waals surface area contributed by atoms with Gasteiger partial charge in [0.15, 0.2) is 10.2 Å². The molecule has 0 fully saturated rings. The van der Waals surface area contributed by atoms with Gasteiger partial charge in [-0.1, -0.05) is 30.6 Å². The zero-order chi connectivity index (χ0) is 13.1. The summed E-state index contributed by atoms with van der Waals surface area (Å²) in [5, 5.41) is 7.18. The molecule has 2 N–H and O–H groups in total. The Labute approximate surface area is 115 Å². The lowest BCUT2D eigenvalue weighted by Gasteiger charge is -2.06. The number of allylic oxidation sites excluding steroid dienone is 1. The van der Waals surface area contributed by atoms with E-state index in [9.17, 15) is 0 Å². The van der Waals surface area contributed by atoms with Crippen molar-refractivity contribution in [2.45, 2.75) is 6.92 Å². The Morgan fingerprint density at radius 2 is 2.28 bits per heavy atom. The highest BCUT2D eigenvalue weighted by Crippen LogP contribution is 2.26. The molecule has 0 bridgehead atoms. The van der Waals surface area contributed by atoms with Crippen molar-refractivity contribution in [3.05, 3.63) is 48.7 Å². The first-order chi connectivity index (χ1) is 8.58. The topological polar surface area (TPSA) is 37.0 Å². The van der Waals surface area contributed by atoms with E-state index >= 15 is 0 Å². The van der Waals surface area contributed by atoms with Crippen LogP contribution < -0.4 is 10.6 Å². The lowest BCUT2D eigenvalue weighted by Crippen LogP contribution is -2.26. The lowest BCUT2D eigenvalue weighted by molar-refractivity contribution is 1.21. The molecule has 0 radical (unpaired) electrons. The van der Waals surface area contributed by atoms with Crippen LogP contribution in [0.3, 0.4) is 0 Å². The number of thiazole rings is 1. The van der Waals surface area contributed by atoms with Gasteiger partial charge in [0, 0.05) is 5.70 Å². The molecule has 5 heteroatoms. The molecule has 3 nitrogen and oxygen atoms in total. The Bertz CT molecular complexity index is 628. The van der Waals surface area contributed by atoms with Crippen molar-refractivity contribution in [2.24, 2.45) is 0 Å². The summed E-state index contributed by atoms with van der Waals surface area (Å²) in [4.78, 5) is 4.45. The van der Waals surface area contributed by atoms with E-state index < -0.39 is 0 Å². The van der Waals surface area contributed by atoms with Gasteiger partial charge in [0.05, 0.1) is 10.2 Å². The number of hydrogen-bond acceptors (Lipinski definition) is 3. The molecular formula is C13H13N3S2. The van der Waals surface area contributed by atoms with E-state index in [1.54, 1.807) is 17.4 Å². The Morgan fingerprint density at radius 3 is 3.00 bits per heavy atom. The minimum absolute atomic E-state index is 0.468. The molecule has 92 valence electrons. The third-order valence-electron chi connectivity index (χ3n) is 2.28. The van der Waals surface area contributed by atoms with Crippen LogP contribution in [0.4, 0.5) is 5.13 Å². The molecule has 0 aliphatic rings. The van der Waals surface area contributed by atoms with Gasteiger partial charge >= 0.3 is 0 Å². The van der Waals surface area contributed by atoms with Gasteiger partial charge in [0.2, 0.25) is 0 Å². The average molecular weight is 275 g/mol. The van der Waals surface area contributed by atoms with Crippen LogP contribution in [0.1, 0.15) is 5.56 Å². The number of fused-ring (bicyclic) bond motifs is 1. The molecule has 0 aliphatic heterocycles. The van der Waals surface area contributed by atoms with Gasteiger partial charge in [-0.25, -0.2) is 4.98 Å². The van der Waals surface area contributed by atoms with Crippen molar-refractivity contribution in [3.63, 3.8) is 0 Å². The first-order valence-electron chi connectivity index (χ1n) is 5.35. The van der Waals surface area contributed by atoms with Gasteiger partial charge in [-0.05, 0) is 42.9 Å². The Kier molecular flexibility index (Phi) is 3.74. The summed E-state index contributed by atoms with van der Waals surface area (Å²) in [7, 11) is 0. The summed E-state index contributed by atoms with van der Waals surface area (Å²) >= 11 is 6.71. The average Bonchev–Trinajstić information content (AvgIpc) is 2.69. The molecule has 1 aromatic carbocycles. The van der Waals surface area contributed by atoms with Crippen LogP contribution in [-0.2, 0) is 0 Å². The second-order valence-electron chi connectivity index (χ2n) is 3.80. The van der Waals surface area contributed by atoms with Crippen LogP contribution in [0.15, 0.2) is 43.1 Å². The summed E-state index contributed by atoms with van der Waals surface area (Å²) in [6.07, 6.45) is 1.61. The number of nitrogens with one attached hydrogen (secondary N) is 2. The molecular weight excluding hydrogens is 262 g/mol. The maximum Gasteiger partial charge on any atom is 0.190 e. The zero-order valence-electron chi connectivity index (χ0n) is 9.99. The van der Waals surface area contributed by atoms with Crippen molar-refractivity contribution in [1.82, 2.24) is 10.3 Å². The number of aryl methyl sites for hydroxylation is 1. The molecule has 1 heterocycles. The summed E-state index contributed by atoms with van der Waals surface area (Å²) < 4.78 is 1.14. The minimum atomic E-state index is 0.468. The smallest absolute Gasteiger partial charge is 0.190 e. The van der Waals surface area contributed by atoms with Crippen molar-refractivity contribution in [1.29, 1.82) is 0 Å². The lowest BCUT2D eigenvalue weighted by atomic mass is 10.2. The summed E-state index contributed by atoms with van der Waals surface area (Å²) in [5.41, 5.74) is 2.85. The van der Waals surface area contributed by atoms with E-state index in [1.807, 2.05) is 12.1 Å². The van der Waals surface area contributed by atoms with Gasteiger partial charge in [-0.15, -0.1) is 0 Å². The van der Waals surface area contributed by atoms with Gasteiger partial charge in [-0.3, -0.25) is 0 Å². The van der Waals surface area contributed by atoms with Crippen molar-refractivity contribution in [2.75, 3.05) is 5.32 Å². The van der Waals surface area contributed by atoms with E-state index in [1.165, 1.54) is 5.56 Å². The van der Waals surface area contributed by atoms with Crippen LogP contribution in [-0.4, -0.2) is 10.1 Å². The maximum atomic E-state index is 5.14. The van der Waals surface area contributed by atoms with Crippen molar-refractivity contribution < 1.29 is 0 Å². The molecule has 1 aromatic heterocycles. The molecule has 0 saturated heterocycles. The monoisotopic (exact) mass is 275 g/mol. The van der Waals surface area contributed by atoms with Gasteiger partial charge in [0.25, 0.3) is 0 Å². The number of hydrogen-bond donors (Lipinski definition) is 2. The largest absolute Gasteiger partial charge is 0.333 e. The van der Waals surface area contributed by atoms with E-state index in [0.29, 0.717) is 10.8 Å². The molecule has 0 saturated carbocycles. The number of aromatic nitrogens is 1. The van der Waals surface area contributed by atoms with Crippen molar-refractivity contribution in [3.8, 4) is 0 Å². The Balaban J connectivity index is 2.14. The molecule has 0 unspecified atom stereocenters. The highest BCUT2D eigenvalue weighted by molar-refractivity contribution is 7.80. The summed E-state index contributed by atoms with van der Waals surface area (Å²) in [6.45, 7) is 9.40. The molecule has 0 atom stereocenters. The van der Waals surface area contributed by atoms with Crippen LogP contribution in [0.25, 0.3) is 10.2 Å². The van der Waals surface area contributed by atoms with E-state index in [2.05, 4.69) is 41.8 Å². The predicted octanol–water partition coefficient (Wildman–Crippen LogP) is 3.59. The number of thiocarbonyl (C=S) groups is 1. The third kappa shape index (κ3) is 2.94. The van der Waals surface area contributed by atoms with E-state index in [0.717, 1.165) is 15.3 Å². The van der Waals surface area contributed by atoms with Gasteiger partial charge in [0.1, 0.15) is 0 Å². The standard InChI is InChI=1S/C13H13N3S2/c1-4-9(3)14-12(17)16-13-15-10-6-5-8(2)7-11(10)18-13/h4-7H,1,3H2,2H3,(H2,14,15,16,17). The Hall–Kier alpha value is -1.72. The van der Waals surface area contributed by atoms with Crippen LogP contribution in [0.5, 0.6) is 0 Å². The number of anilines is 1. The van der Waals surface area contributed by atoms with Crippen molar-refractivity contribution >= 4 is 44.0 Å². The SMILES string of the molecule is C=CC(=C)NC(=S)Nc1nc2ccc(C)cc2s1. The molecule has 2 rings (SSSR count). The zero-order valence-corrected chi connectivity index (χ0v) is 11.6. The predicted molar refractivity (Wildman–Crippen MR) is 83.1 cm³/mol. The third-order valence-corrected chi connectivity index (χ3v) is 3.42. The maximum absolute atomic E-state index is 5.14. The summed E-state index contributed by atoms with van der Waals surface area (Å²) in [5.74, 6) is 0. The number of nitrogens with zero attached hydrogens (tertiary/aromatic N) is 1. The second kappa shape index (κ2) is 5.29. The van der Waals surface area contributed by atoms with Crippen LogP contribution in [0.2, 0.25) is 0 Å². The van der Waals surface area contributed by atoms with E-state index in [4.69, 9.17) is 12.2 Å². The first-order valence-corrected chi connectivity index (χ1v) is 6.57. The molecule has 18 heavy (non-hydrogen) atoms. The fourth-order valence-corrected chi connectivity index (χ4v) is 2.67. The quantitative estimate of drug-likeness (QED) is 0.663. The van der Waals surface area contributed by atoms with Gasteiger partial charge in [-0.2, -0.15) is 0 Å². The number of benzene rings is 1. The van der Waals surface area contributed by atoms with Crippen LogP contribution in [0, 0.1) is 6.92 Å². The highest BCUT2D eigenvalue weighted by Gasteiger charge is 2.05.